The van der Waals surface area contributed by atoms with Gasteiger partial charge in [-0.25, -0.2) is 4.39 Å². The summed E-state index contributed by atoms with van der Waals surface area (Å²) in [5, 5.41) is 16.9. The average molecular weight is 207 g/mol. The lowest BCUT2D eigenvalue weighted by atomic mass is 10.1. The van der Waals surface area contributed by atoms with Crippen LogP contribution in [0.1, 0.15) is 0 Å². The van der Waals surface area contributed by atoms with Gasteiger partial charge in [-0.1, -0.05) is 0 Å². The highest BCUT2D eigenvalue weighted by Crippen LogP contribution is 2.29. The molecule has 1 aromatic carbocycles. The van der Waals surface area contributed by atoms with E-state index < -0.39 is 10.7 Å². The number of nitrogens with one attached hydrogen (secondary N) is 1. The Morgan fingerprint density at radius 1 is 1.47 bits per heavy atom. The standard InChI is InChI=1S/C9H6FN3O2/c10-7-1-2-9(13(14)15)8(3-7)6-4-11-12-5-6/h1-5H,(H,11,12). The molecule has 0 aliphatic heterocycles. The van der Waals surface area contributed by atoms with Crippen LogP contribution in [0.3, 0.4) is 0 Å². The van der Waals surface area contributed by atoms with Crippen molar-refractivity contribution < 1.29 is 9.31 Å². The lowest BCUT2D eigenvalue weighted by molar-refractivity contribution is -0.384. The van der Waals surface area contributed by atoms with Gasteiger partial charge >= 0.3 is 0 Å². The van der Waals surface area contributed by atoms with Crippen molar-refractivity contribution in [2.24, 2.45) is 0 Å². The zero-order chi connectivity index (χ0) is 10.8. The molecular weight excluding hydrogens is 201 g/mol. The lowest BCUT2D eigenvalue weighted by Gasteiger charge is -1.99. The molecule has 0 atom stereocenters. The molecule has 2 rings (SSSR count). The number of nitrogens with zero attached hydrogens (tertiary/aromatic N) is 2. The maximum Gasteiger partial charge on any atom is 0.277 e. The molecule has 0 radical (unpaired) electrons. The average Bonchev–Trinajstić information content (AvgIpc) is 2.69. The monoisotopic (exact) mass is 207 g/mol. The summed E-state index contributed by atoms with van der Waals surface area (Å²) in [6.07, 6.45) is 2.88. The highest BCUT2D eigenvalue weighted by molar-refractivity contribution is 5.72. The Hall–Kier alpha value is -2.24. The van der Waals surface area contributed by atoms with E-state index in [2.05, 4.69) is 10.2 Å². The number of hydrogen-bond acceptors (Lipinski definition) is 3. The molecule has 6 heteroatoms. The Kier molecular flexibility index (Phi) is 2.17. The number of nitro groups is 1. The molecule has 2 aromatic rings. The van der Waals surface area contributed by atoms with Gasteiger partial charge in [-0.2, -0.15) is 5.10 Å². The van der Waals surface area contributed by atoms with E-state index in [0.29, 0.717) is 5.56 Å². The molecule has 0 saturated carbocycles. The maximum atomic E-state index is 12.9. The van der Waals surface area contributed by atoms with Crippen LogP contribution in [0.4, 0.5) is 10.1 Å². The quantitative estimate of drug-likeness (QED) is 0.605. The molecule has 15 heavy (non-hydrogen) atoms. The highest BCUT2D eigenvalue weighted by Gasteiger charge is 2.16. The molecule has 0 fully saturated rings. The van der Waals surface area contributed by atoms with Crippen LogP contribution in [0.5, 0.6) is 0 Å². The van der Waals surface area contributed by atoms with Crippen LogP contribution in [0.15, 0.2) is 30.6 Å². The Bertz CT molecular complexity index is 496. The van der Waals surface area contributed by atoms with E-state index in [1.165, 1.54) is 12.4 Å². The first kappa shape index (κ1) is 9.32. The number of hydrogen-bond donors (Lipinski definition) is 1. The minimum atomic E-state index is -0.554. The normalized spacial score (nSPS) is 10.2. The number of rotatable bonds is 2. The summed E-state index contributed by atoms with van der Waals surface area (Å²) in [4.78, 5) is 10.1. The van der Waals surface area contributed by atoms with E-state index in [4.69, 9.17) is 0 Å². The van der Waals surface area contributed by atoms with Crippen molar-refractivity contribution in [3.8, 4) is 11.1 Å². The van der Waals surface area contributed by atoms with Crippen LogP contribution >= 0.6 is 0 Å². The largest absolute Gasteiger partial charge is 0.285 e. The highest BCUT2D eigenvalue weighted by atomic mass is 19.1. The predicted molar refractivity (Wildman–Crippen MR) is 50.6 cm³/mol. The van der Waals surface area contributed by atoms with E-state index >= 15 is 0 Å². The third kappa shape index (κ3) is 1.69. The molecule has 1 aromatic heterocycles. The first-order chi connectivity index (χ1) is 7.18. The van der Waals surface area contributed by atoms with E-state index in [0.717, 1.165) is 18.2 Å². The van der Waals surface area contributed by atoms with E-state index in [-0.39, 0.29) is 11.3 Å². The zero-order valence-corrected chi connectivity index (χ0v) is 7.48. The fourth-order valence-electron chi connectivity index (χ4n) is 1.30. The Morgan fingerprint density at radius 3 is 2.87 bits per heavy atom. The summed E-state index contributed by atoms with van der Waals surface area (Å²) in [5.74, 6) is -0.517. The Balaban J connectivity index is 2.63. The smallest absolute Gasteiger partial charge is 0.277 e. The lowest BCUT2D eigenvalue weighted by Crippen LogP contribution is -1.92. The molecule has 5 nitrogen and oxygen atoms in total. The second-order valence-electron chi connectivity index (χ2n) is 2.91. The van der Waals surface area contributed by atoms with Crippen molar-refractivity contribution in [2.45, 2.75) is 0 Å². The number of benzene rings is 1. The molecule has 0 spiro atoms. The molecule has 0 bridgehead atoms. The van der Waals surface area contributed by atoms with Crippen molar-refractivity contribution in [1.82, 2.24) is 10.2 Å². The van der Waals surface area contributed by atoms with Gasteiger partial charge in [0.15, 0.2) is 0 Å². The fraction of sp³-hybridized carbons (Fsp3) is 0. The first-order valence-corrected chi connectivity index (χ1v) is 4.11. The number of aromatic amines is 1. The second-order valence-corrected chi connectivity index (χ2v) is 2.91. The summed E-state index contributed by atoms with van der Waals surface area (Å²) in [6.45, 7) is 0. The summed E-state index contributed by atoms with van der Waals surface area (Å²) in [5.41, 5.74) is 0.563. The number of halogens is 1. The van der Waals surface area contributed by atoms with E-state index in [1.54, 1.807) is 0 Å². The molecule has 0 amide bonds. The third-order valence-corrected chi connectivity index (χ3v) is 1.96. The number of nitro benzene ring substituents is 1. The van der Waals surface area contributed by atoms with Crippen LogP contribution < -0.4 is 0 Å². The molecule has 0 aliphatic rings. The summed E-state index contributed by atoms with van der Waals surface area (Å²) < 4.78 is 12.9. The summed E-state index contributed by atoms with van der Waals surface area (Å²) in [7, 11) is 0. The summed E-state index contributed by atoms with van der Waals surface area (Å²) in [6, 6.07) is 3.31. The van der Waals surface area contributed by atoms with Gasteiger partial charge in [0.25, 0.3) is 5.69 Å². The molecular formula is C9H6FN3O2. The van der Waals surface area contributed by atoms with Crippen molar-refractivity contribution in [3.05, 3.63) is 46.5 Å². The topological polar surface area (TPSA) is 71.8 Å². The van der Waals surface area contributed by atoms with Crippen LogP contribution in [0.25, 0.3) is 11.1 Å². The van der Waals surface area contributed by atoms with Gasteiger partial charge in [-0.05, 0) is 12.1 Å². The van der Waals surface area contributed by atoms with Gasteiger partial charge in [-0.3, -0.25) is 15.2 Å². The van der Waals surface area contributed by atoms with E-state index in [1.807, 2.05) is 0 Å². The zero-order valence-electron chi connectivity index (χ0n) is 7.48. The molecule has 1 heterocycles. The van der Waals surface area contributed by atoms with Gasteiger partial charge in [-0.15, -0.1) is 0 Å². The van der Waals surface area contributed by atoms with Crippen molar-refractivity contribution >= 4 is 5.69 Å². The van der Waals surface area contributed by atoms with Crippen molar-refractivity contribution in [2.75, 3.05) is 0 Å². The minimum Gasteiger partial charge on any atom is -0.285 e. The maximum absolute atomic E-state index is 12.9. The third-order valence-electron chi connectivity index (χ3n) is 1.96. The van der Waals surface area contributed by atoms with Gasteiger partial charge < -0.3 is 0 Å². The van der Waals surface area contributed by atoms with Crippen LogP contribution in [0.2, 0.25) is 0 Å². The molecule has 0 aliphatic carbocycles. The van der Waals surface area contributed by atoms with Gasteiger partial charge in [0.2, 0.25) is 0 Å². The number of aromatic nitrogens is 2. The Labute approximate surface area is 83.7 Å². The fourth-order valence-corrected chi connectivity index (χ4v) is 1.30. The van der Waals surface area contributed by atoms with Crippen molar-refractivity contribution in [1.29, 1.82) is 0 Å². The molecule has 0 unspecified atom stereocenters. The molecule has 76 valence electrons. The second kappa shape index (κ2) is 3.49. The van der Waals surface area contributed by atoms with Crippen LogP contribution in [-0.2, 0) is 0 Å². The van der Waals surface area contributed by atoms with Crippen LogP contribution in [-0.4, -0.2) is 15.1 Å². The van der Waals surface area contributed by atoms with Gasteiger partial charge in [0.1, 0.15) is 5.82 Å². The minimum absolute atomic E-state index is 0.141. The van der Waals surface area contributed by atoms with Crippen LogP contribution in [0, 0.1) is 15.9 Å². The summed E-state index contributed by atoms with van der Waals surface area (Å²) >= 11 is 0. The number of H-pyrrole nitrogens is 1. The molecule has 0 saturated heterocycles. The predicted octanol–water partition coefficient (Wildman–Crippen LogP) is 2.12. The van der Waals surface area contributed by atoms with Crippen molar-refractivity contribution in [3.63, 3.8) is 0 Å². The van der Waals surface area contributed by atoms with Gasteiger partial charge in [0.05, 0.1) is 16.7 Å². The van der Waals surface area contributed by atoms with E-state index in [9.17, 15) is 14.5 Å². The van der Waals surface area contributed by atoms with Gasteiger partial charge in [0, 0.05) is 17.8 Å². The first-order valence-electron chi connectivity index (χ1n) is 4.11. The molecule has 1 N–H and O–H groups in total. The SMILES string of the molecule is O=[N+]([O-])c1ccc(F)cc1-c1cn[nH]c1. The Morgan fingerprint density at radius 2 is 2.27 bits per heavy atom.